The van der Waals surface area contributed by atoms with Crippen LogP contribution in [0.3, 0.4) is 0 Å². The average Bonchev–Trinajstić information content (AvgIpc) is 3.05. The summed E-state index contributed by atoms with van der Waals surface area (Å²) in [4.78, 5) is 27.8. The standard InChI is InChI=1S/C19H28N2O5/c1-24-12-13-26-16-14-17(22)21-9-11-25-10-6-15(21)18(16)19(23)20-7-4-2-3-5-8-20/h14H,2-13H2,1H3. The maximum Gasteiger partial charge on any atom is 0.259 e. The molecule has 1 saturated heterocycles. The molecule has 1 fully saturated rings. The Morgan fingerprint density at radius 2 is 1.88 bits per heavy atom. The van der Waals surface area contributed by atoms with Gasteiger partial charge in [0.2, 0.25) is 0 Å². The molecule has 0 atom stereocenters. The Balaban J connectivity index is 2.00. The van der Waals surface area contributed by atoms with Gasteiger partial charge in [-0.1, -0.05) is 12.8 Å². The van der Waals surface area contributed by atoms with Gasteiger partial charge in [0.1, 0.15) is 17.9 Å². The SMILES string of the molecule is COCCOc1cc(=O)n2c(c1C(=O)N1CCCCCC1)CCOCC2. The lowest BCUT2D eigenvalue weighted by molar-refractivity contribution is 0.0751. The molecule has 0 unspecified atom stereocenters. The third kappa shape index (κ3) is 4.27. The molecule has 0 radical (unpaired) electrons. The van der Waals surface area contributed by atoms with Crippen molar-refractivity contribution in [1.82, 2.24) is 9.47 Å². The summed E-state index contributed by atoms with van der Waals surface area (Å²) in [6, 6.07) is 1.44. The van der Waals surface area contributed by atoms with Gasteiger partial charge in [-0.25, -0.2) is 0 Å². The van der Waals surface area contributed by atoms with Crippen molar-refractivity contribution in [3.05, 3.63) is 27.7 Å². The third-order valence-corrected chi connectivity index (χ3v) is 4.98. The lowest BCUT2D eigenvalue weighted by Crippen LogP contribution is -2.35. The summed E-state index contributed by atoms with van der Waals surface area (Å²) >= 11 is 0. The minimum absolute atomic E-state index is 0.0371. The fourth-order valence-corrected chi connectivity index (χ4v) is 3.61. The number of aromatic nitrogens is 1. The highest BCUT2D eigenvalue weighted by molar-refractivity contribution is 5.98. The van der Waals surface area contributed by atoms with E-state index in [1.165, 1.54) is 6.07 Å². The Morgan fingerprint density at radius 3 is 2.62 bits per heavy atom. The lowest BCUT2D eigenvalue weighted by Gasteiger charge is -2.24. The molecule has 144 valence electrons. The van der Waals surface area contributed by atoms with Crippen LogP contribution in [-0.2, 0) is 22.4 Å². The summed E-state index contributed by atoms with van der Waals surface area (Å²) in [5.74, 6) is 0.333. The summed E-state index contributed by atoms with van der Waals surface area (Å²) < 4.78 is 18.0. The number of ether oxygens (including phenoxy) is 3. The van der Waals surface area contributed by atoms with E-state index in [0.29, 0.717) is 50.7 Å². The monoisotopic (exact) mass is 364 g/mol. The van der Waals surface area contributed by atoms with Crippen LogP contribution in [0.2, 0.25) is 0 Å². The summed E-state index contributed by atoms with van der Waals surface area (Å²) in [5.41, 5.74) is 1.11. The van der Waals surface area contributed by atoms with Gasteiger partial charge in [0.05, 0.1) is 19.8 Å². The maximum atomic E-state index is 13.4. The molecule has 1 aromatic heterocycles. The van der Waals surface area contributed by atoms with Crippen molar-refractivity contribution in [2.24, 2.45) is 0 Å². The molecule has 0 spiro atoms. The van der Waals surface area contributed by atoms with Gasteiger partial charge in [0, 0.05) is 44.9 Å². The van der Waals surface area contributed by atoms with Crippen LogP contribution >= 0.6 is 0 Å². The highest BCUT2D eigenvalue weighted by Crippen LogP contribution is 2.25. The van der Waals surface area contributed by atoms with E-state index in [1.54, 1.807) is 11.7 Å². The number of methoxy groups -OCH3 is 1. The minimum atomic E-state index is -0.148. The normalized spacial score (nSPS) is 18.0. The van der Waals surface area contributed by atoms with E-state index in [9.17, 15) is 9.59 Å². The first-order chi connectivity index (χ1) is 12.7. The van der Waals surface area contributed by atoms with Gasteiger partial charge < -0.3 is 23.7 Å². The molecular formula is C19H28N2O5. The molecule has 3 rings (SSSR count). The van der Waals surface area contributed by atoms with E-state index < -0.39 is 0 Å². The van der Waals surface area contributed by atoms with Gasteiger partial charge in [0.25, 0.3) is 11.5 Å². The third-order valence-electron chi connectivity index (χ3n) is 4.98. The smallest absolute Gasteiger partial charge is 0.259 e. The predicted molar refractivity (Wildman–Crippen MR) is 97.0 cm³/mol. The van der Waals surface area contributed by atoms with Gasteiger partial charge in [-0.3, -0.25) is 9.59 Å². The number of hydrogen-bond donors (Lipinski definition) is 0. The average molecular weight is 364 g/mol. The highest BCUT2D eigenvalue weighted by Gasteiger charge is 2.27. The molecule has 1 aromatic rings. The molecule has 0 saturated carbocycles. The van der Waals surface area contributed by atoms with Crippen LogP contribution in [0.25, 0.3) is 0 Å². The van der Waals surface area contributed by atoms with Crippen molar-refractivity contribution >= 4 is 5.91 Å². The maximum absolute atomic E-state index is 13.4. The zero-order valence-electron chi connectivity index (χ0n) is 15.5. The first kappa shape index (κ1) is 18.9. The molecule has 0 bridgehead atoms. The van der Waals surface area contributed by atoms with Crippen LogP contribution in [0, 0.1) is 0 Å². The van der Waals surface area contributed by atoms with E-state index in [0.717, 1.165) is 44.5 Å². The molecule has 7 heteroatoms. The van der Waals surface area contributed by atoms with Gasteiger partial charge in [-0.15, -0.1) is 0 Å². The quantitative estimate of drug-likeness (QED) is 0.740. The van der Waals surface area contributed by atoms with Gasteiger partial charge in [-0.2, -0.15) is 0 Å². The number of pyridine rings is 1. The molecule has 26 heavy (non-hydrogen) atoms. The van der Waals surface area contributed by atoms with E-state index >= 15 is 0 Å². The Hall–Kier alpha value is -1.86. The Morgan fingerprint density at radius 1 is 1.12 bits per heavy atom. The van der Waals surface area contributed by atoms with E-state index in [1.807, 2.05) is 4.90 Å². The number of carbonyl (C=O) groups excluding carboxylic acids is 1. The molecule has 0 aromatic carbocycles. The zero-order valence-corrected chi connectivity index (χ0v) is 15.5. The number of likely N-dealkylation sites (tertiary alicyclic amines) is 1. The van der Waals surface area contributed by atoms with Crippen molar-refractivity contribution in [1.29, 1.82) is 0 Å². The number of amides is 1. The summed E-state index contributed by atoms with van der Waals surface area (Å²) in [6.45, 7) is 3.66. The number of nitrogens with zero attached hydrogens (tertiary/aromatic N) is 2. The van der Waals surface area contributed by atoms with Crippen molar-refractivity contribution in [3.8, 4) is 5.75 Å². The van der Waals surface area contributed by atoms with Crippen molar-refractivity contribution in [2.45, 2.75) is 38.6 Å². The minimum Gasteiger partial charge on any atom is -0.490 e. The fourth-order valence-electron chi connectivity index (χ4n) is 3.61. The van der Waals surface area contributed by atoms with E-state index in [2.05, 4.69) is 0 Å². The number of fused-ring (bicyclic) bond motifs is 1. The lowest BCUT2D eigenvalue weighted by atomic mass is 10.1. The second-order valence-electron chi connectivity index (χ2n) is 6.73. The van der Waals surface area contributed by atoms with Crippen molar-refractivity contribution in [3.63, 3.8) is 0 Å². The number of hydrogen-bond acceptors (Lipinski definition) is 5. The summed E-state index contributed by atoms with van der Waals surface area (Å²) in [5, 5.41) is 0. The second-order valence-corrected chi connectivity index (χ2v) is 6.73. The Bertz CT molecular complexity index is 677. The topological polar surface area (TPSA) is 70.0 Å². The highest BCUT2D eigenvalue weighted by atomic mass is 16.5. The second kappa shape index (κ2) is 9.19. The molecule has 0 N–H and O–H groups in total. The van der Waals surface area contributed by atoms with Crippen molar-refractivity contribution in [2.75, 3.05) is 46.6 Å². The molecular weight excluding hydrogens is 336 g/mol. The van der Waals surface area contributed by atoms with Gasteiger partial charge in [-0.05, 0) is 12.8 Å². The molecule has 1 amide bonds. The van der Waals surface area contributed by atoms with Crippen LogP contribution < -0.4 is 10.3 Å². The van der Waals surface area contributed by atoms with E-state index in [-0.39, 0.29) is 11.5 Å². The zero-order chi connectivity index (χ0) is 18.4. The largest absolute Gasteiger partial charge is 0.490 e. The van der Waals surface area contributed by atoms with Gasteiger partial charge in [0.15, 0.2) is 0 Å². The van der Waals surface area contributed by atoms with Crippen LogP contribution in [0.15, 0.2) is 10.9 Å². The number of rotatable bonds is 5. The van der Waals surface area contributed by atoms with Crippen LogP contribution in [0.1, 0.15) is 41.7 Å². The first-order valence-electron chi connectivity index (χ1n) is 9.48. The molecule has 7 nitrogen and oxygen atoms in total. The molecule has 2 aliphatic heterocycles. The fraction of sp³-hybridized carbons (Fsp3) is 0.684. The van der Waals surface area contributed by atoms with Crippen LogP contribution in [-0.4, -0.2) is 62.0 Å². The Kier molecular flexibility index (Phi) is 6.68. The first-order valence-corrected chi connectivity index (χ1v) is 9.48. The number of carbonyl (C=O) groups is 1. The summed E-state index contributed by atoms with van der Waals surface area (Å²) in [6.07, 6.45) is 4.88. The predicted octanol–water partition coefficient (Wildman–Crippen LogP) is 1.46. The van der Waals surface area contributed by atoms with Crippen LogP contribution in [0.5, 0.6) is 5.75 Å². The molecule has 2 aliphatic rings. The van der Waals surface area contributed by atoms with Gasteiger partial charge >= 0.3 is 0 Å². The molecule has 3 heterocycles. The Labute approximate surface area is 153 Å². The molecule has 0 aliphatic carbocycles. The van der Waals surface area contributed by atoms with E-state index in [4.69, 9.17) is 14.2 Å². The van der Waals surface area contributed by atoms with Crippen molar-refractivity contribution < 1.29 is 19.0 Å². The summed E-state index contributed by atoms with van der Waals surface area (Å²) in [7, 11) is 1.59. The van der Waals surface area contributed by atoms with Crippen LogP contribution in [0.4, 0.5) is 0 Å².